The molecule has 4 amide bonds. The summed E-state index contributed by atoms with van der Waals surface area (Å²) in [5.41, 5.74) is 11.6. The Hall–Kier alpha value is -4.63. The van der Waals surface area contributed by atoms with Crippen LogP contribution in [0.5, 0.6) is 0 Å². The van der Waals surface area contributed by atoms with E-state index in [-0.39, 0.29) is 98.1 Å². The molecule has 1 aromatic heterocycles. The molecular formula is C50H89N9O7. The highest BCUT2D eigenvalue weighted by Crippen LogP contribution is 2.22. The highest BCUT2D eigenvalue weighted by atomic mass is 16.2. The molecule has 1 rings (SSSR count). The highest BCUT2D eigenvalue weighted by molar-refractivity contribution is 5.96. The maximum Gasteiger partial charge on any atom is 0.224 e. The Kier molecular flexibility index (Phi) is 31.2. The van der Waals surface area contributed by atoms with Crippen LogP contribution in [0.1, 0.15) is 183 Å². The number of H-pyrrole nitrogens is 1. The standard InChI is InChI=1S/C50H89N9O7/c1-9-10-11-12-13-14-15-16-17-18-19-20-21-24-45(63)56-32-40(60)30-41(35(4)5)49(66)59-46(36(6)7)44(62)29-38(27-39-31-54-33-57-39)48(65)58-42(23-22-25-55-50(51)52)43(61)28-37(26-34(2)3)47(64)53-8/h31,33-38,41-42,46H,9-30,32H2,1-8H3,(H,53,64)(H,54,57)(H,56,63)(H,58,65)(H,59,66)(H4,51,52,55)/t37-,38-,41+,42+,46+/m1/s1. The molecule has 0 aliphatic rings. The van der Waals surface area contributed by atoms with Crippen molar-refractivity contribution in [3.63, 3.8) is 0 Å². The SMILES string of the molecule is CCCCCCCCCCCCCCCC(=O)NCC(=O)C[C@H](C(=O)N[C@H](C(=O)C[C@@H](Cc1cnc[nH]1)C(=O)N[C@@H](CCCN=C(N)N)C(=O)C[C@@H](CC(C)C)C(=O)NC)C(C)C)C(C)C. The number of ketones is 3. The van der Waals surface area contributed by atoms with Crippen molar-refractivity contribution < 1.29 is 33.6 Å². The topological polar surface area (TPSA) is 261 Å². The van der Waals surface area contributed by atoms with Gasteiger partial charge in [0, 0.05) is 69.4 Å². The second kappa shape index (κ2) is 34.6. The average Bonchev–Trinajstić information content (AvgIpc) is 3.78. The molecule has 1 heterocycles. The number of aliphatic imine (C=N–C) groups is 1. The maximum atomic E-state index is 14.2. The largest absolute Gasteiger partial charge is 0.370 e. The highest BCUT2D eigenvalue weighted by Gasteiger charge is 2.35. The molecule has 0 spiro atoms. The Balaban J connectivity index is 2.94. The number of nitrogens with zero attached hydrogens (tertiary/aromatic N) is 2. The van der Waals surface area contributed by atoms with Crippen molar-refractivity contribution in [2.45, 2.75) is 195 Å². The molecule has 0 radical (unpaired) electrons. The van der Waals surface area contributed by atoms with Crippen LogP contribution >= 0.6 is 0 Å². The Morgan fingerprint density at radius 3 is 1.80 bits per heavy atom. The third-order valence-electron chi connectivity index (χ3n) is 12.2. The molecule has 0 bridgehead atoms. The van der Waals surface area contributed by atoms with Crippen molar-refractivity contribution in [3.8, 4) is 0 Å². The van der Waals surface area contributed by atoms with Crippen molar-refractivity contribution in [1.29, 1.82) is 0 Å². The molecule has 16 heteroatoms. The summed E-state index contributed by atoms with van der Waals surface area (Å²) in [7, 11) is 1.52. The third kappa shape index (κ3) is 26.5. The van der Waals surface area contributed by atoms with E-state index in [0.717, 1.165) is 19.3 Å². The normalized spacial score (nSPS) is 13.7. The van der Waals surface area contributed by atoms with Gasteiger partial charge in [0.15, 0.2) is 23.3 Å². The second-order valence-corrected chi connectivity index (χ2v) is 19.4. The van der Waals surface area contributed by atoms with E-state index in [1.54, 1.807) is 20.0 Å². The number of hydrogen-bond donors (Lipinski definition) is 7. The number of imidazole rings is 1. The van der Waals surface area contributed by atoms with E-state index in [9.17, 15) is 33.6 Å². The zero-order chi connectivity index (χ0) is 49.4. The van der Waals surface area contributed by atoms with Crippen molar-refractivity contribution >= 4 is 46.9 Å². The smallest absolute Gasteiger partial charge is 0.224 e. The Bertz CT molecular complexity index is 1610. The minimum atomic E-state index is -0.987. The van der Waals surface area contributed by atoms with E-state index in [4.69, 9.17) is 11.5 Å². The van der Waals surface area contributed by atoms with Crippen LogP contribution in [0, 0.1) is 35.5 Å². The number of nitrogens with two attached hydrogens (primary N) is 2. The molecule has 1 aromatic rings. The average molecular weight is 928 g/mol. The van der Waals surface area contributed by atoms with Crippen LogP contribution in [0.15, 0.2) is 17.5 Å². The van der Waals surface area contributed by atoms with Crippen LogP contribution in [0.3, 0.4) is 0 Å². The quantitative estimate of drug-likeness (QED) is 0.0217. The minimum absolute atomic E-state index is 0.0909. The zero-order valence-electron chi connectivity index (χ0n) is 41.9. The molecule has 0 fully saturated rings. The summed E-state index contributed by atoms with van der Waals surface area (Å²) in [5, 5.41) is 11.1. The van der Waals surface area contributed by atoms with Crippen LogP contribution in [0.4, 0.5) is 0 Å². The molecule has 0 aliphatic heterocycles. The Labute approximate surface area is 396 Å². The minimum Gasteiger partial charge on any atom is -0.370 e. The molecule has 0 aliphatic carbocycles. The van der Waals surface area contributed by atoms with E-state index < -0.39 is 41.7 Å². The molecule has 0 unspecified atom stereocenters. The number of hydrogen-bond acceptors (Lipinski definition) is 9. The number of carbonyl (C=O) groups is 7. The lowest BCUT2D eigenvalue weighted by Crippen LogP contribution is -2.50. The summed E-state index contributed by atoms with van der Waals surface area (Å²) in [4.78, 5) is 105. The van der Waals surface area contributed by atoms with Crippen molar-refractivity contribution in [2.75, 3.05) is 20.1 Å². The number of aromatic nitrogens is 2. The summed E-state index contributed by atoms with van der Waals surface area (Å²) in [5.74, 6) is -5.34. The van der Waals surface area contributed by atoms with Crippen LogP contribution in [-0.2, 0) is 40.0 Å². The molecule has 376 valence electrons. The number of aromatic amines is 1. The number of rotatable bonds is 39. The lowest BCUT2D eigenvalue weighted by molar-refractivity contribution is -0.136. The first-order valence-electron chi connectivity index (χ1n) is 25.1. The summed E-state index contributed by atoms with van der Waals surface area (Å²) in [6.45, 7) is 13.5. The maximum absolute atomic E-state index is 14.2. The molecule has 16 nitrogen and oxygen atoms in total. The van der Waals surface area contributed by atoms with Crippen LogP contribution < -0.4 is 32.7 Å². The lowest BCUT2D eigenvalue weighted by Gasteiger charge is -2.28. The van der Waals surface area contributed by atoms with Gasteiger partial charge in [-0.25, -0.2) is 4.98 Å². The molecule has 0 aromatic carbocycles. The van der Waals surface area contributed by atoms with Crippen molar-refractivity contribution in [3.05, 3.63) is 18.2 Å². The van der Waals surface area contributed by atoms with Gasteiger partial charge in [-0.05, 0) is 43.4 Å². The fourth-order valence-corrected chi connectivity index (χ4v) is 8.25. The fraction of sp³-hybridized carbons (Fsp3) is 0.780. The van der Waals surface area contributed by atoms with E-state index in [1.807, 2.05) is 27.7 Å². The van der Waals surface area contributed by atoms with Crippen LogP contribution in [0.2, 0.25) is 0 Å². The van der Waals surface area contributed by atoms with Gasteiger partial charge in [0.05, 0.1) is 30.9 Å². The van der Waals surface area contributed by atoms with Gasteiger partial charge in [-0.1, -0.05) is 126 Å². The third-order valence-corrected chi connectivity index (χ3v) is 12.2. The number of nitrogens with one attached hydrogen (secondary N) is 5. The summed E-state index contributed by atoms with van der Waals surface area (Å²) in [6.07, 6.45) is 19.8. The Morgan fingerprint density at radius 1 is 0.697 bits per heavy atom. The van der Waals surface area contributed by atoms with E-state index in [0.29, 0.717) is 25.0 Å². The first-order chi connectivity index (χ1) is 31.4. The first-order valence-corrected chi connectivity index (χ1v) is 25.1. The number of amides is 4. The number of guanidine groups is 1. The molecule has 66 heavy (non-hydrogen) atoms. The lowest BCUT2D eigenvalue weighted by atomic mass is 9.86. The molecule has 0 saturated carbocycles. The van der Waals surface area contributed by atoms with E-state index in [2.05, 4.69) is 43.2 Å². The van der Waals surface area contributed by atoms with Gasteiger partial charge >= 0.3 is 0 Å². The first kappa shape index (κ1) is 59.4. The second-order valence-electron chi connectivity index (χ2n) is 19.4. The van der Waals surface area contributed by atoms with Gasteiger partial charge in [0.25, 0.3) is 0 Å². The number of carbonyl (C=O) groups excluding carboxylic acids is 7. The summed E-state index contributed by atoms with van der Waals surface area (Å²) in [6, 6.07) is -1.97. The number of Topliss-reactive ketones (excluding diaryl/α,β-unsaturated/α-hetero) is 3. The van der Waals surface area contributed by atoms with Gasteiger partial charge < -0.3 is 37.7 Å². The predicted octanol–water partition coefficient (Wildman–Crippen LogP) is 6.40. The van der Waals surface area contributed by atoms with E-state index >= 15 is 0 Å². The predicted molar refractivity (Wildman–Crippen MR) is 262 cm³/mol. The summed E-state index contributed by atoms with van der Waals surface area (Å²) < 4.78 is 0. The number of unbranched alkanes of at least 4 members (excludes halogenated alkanes) is 12. The van der Waals surface area contributed by atoms with Gasteiger partial charge in [0.1, 0.15) is 0 Å². The van der Waals surface area contributed by atoms with Crippen molar-refractivity contribution in [1.82, 2.24) is 31.2 Å². The molecule has 5 atom stereocenters. The zero-order valence-corrected chi connectivity index (χ0v) is 41.9. The van der Waals surface area contributed by atoms with Crippen molar-refractivity contribution in [2.24, 2.45) is 52.0 Å². The fourth-order valence-electron chi connectivity index (χ4n) is 8.25. The van der Waals surface area contributed by atoms with Crippen LogP contribution in [-0.4, -0.2) is 89.1 Å². The molecule has 0 saturated heterocycles. The molecule has 9 N–H and O–H groups in total. The van der Waals surface area contributed by atoms with Gasteiger partial charge in [-0.3, -0.25) is 38.6 Å². The molecular weight excluding hydrogens is 839 g/mol. The van der Waals surface area contributed by atoms with Gasteiger partial charge in [-0.2, -0.15) is 0 Å². The summed E-state index contributed by atoms with van der Waals surface area (Å²) >= 11 is 0. The Morgan fingerprint density at radius 2 is 1.29 bits per heavy atom. The van der Waals surface area contributed by atoms with Crippen LogP contribution in [0.25, 0.3) is 0 Å². The van der Waals surface area contributed by atoms with Gasteiger partial charge in [-0.15, -0.1) is 0 Å². The monoisotopic (exact) mass is 928 g/mol. The van der Waals surface area contributed by atoms with E-state index in [1.165, 1.54) is 77.6 Å². The van der Waals surface area contributed by atoms with Gasteiger partial charge in [0.2, 0.25) is 23.6 Å².